The largest absolute Gasteiger partial charge is 0.481 e. The average Bonchev–Trinajstić information content (AvgIpc) is 2.76. The van der Waals surface area contributed by atoms with Gasteiger partial charge in [-0.15, -0.1) is 0 Å². The summed E-state index contributed by atoms with van der Waals surface area (Å²) in [5, 5.41) is 11.3. The van der Waals surface area contributed by atoms with Crippen LogP contribution in [0.5, 0.6) is 11.5 Å². The number of fused-ring (bicyclic) bond motifs is 1. The maximum absolute atomic E-state index is 11.7. The zero-order valence-corrected chi connectivity index (χ0v) is 10.6. The van der Waals surface area contributed by atoms with Crippen molar-refractivity contribution in [2.45, 2.75) is 26.2 Å². The number of amides is 1. The molecule has 0 bridgehead atoms. The highest BCUT2D eigenvalue weighted by atomic mass is 16.7. The Labute approximate surface area is 110 Å². The monoisotopic (exact) mass is 265 g/mol. The number of aryl methyl sites for hydroxylation is 1. The van der Waals surface area contributed by atoms with E-state index in [0.717, 1.165) is 5.56 Å². The zero-order chi connectivity index (χ0) is 13.8. The number of carbonyl (C=O) groups is 2. The van der Waals surface area contributed by atoms with Gasteiger partial charge in [-0.3, -0.25) is 9.59 Å². The van der Waals surface area contributed by atoms with Gasteiger partial charge < -0.3 is 19.9 Å². The van der Waals surface area contributed by atoms with Crippen LogP contribution in [0.2, 0.25) is 0 Å². The van der Waals surface area contributed by atoms with Crippen LogP contribution in [-0.2, 0) is 9.59 Å². The van der Waals surface area contributed by atoms with Crippen LogP contribution in [0.4, 0.5) is 5.69 Å². The SMILES string of the molecule is Cc1cc2c(cc1NC(=O)CCCC(=O)O)OCO2. The molecule has 0 fully saturated rings. The molecule has 1 aliphatic rings. The van der Waals surface area contributed by atoms with Crippen molar-refractivity contribution >= 4 is 17.6 Å². The normalized spacial score (nSPS) is 12.3. The molecule has 0 saturated heterocycles. The van der Waals surface area contributed by atoms with Crippen molar-refractivity contribution in [3.63, 3.8) is 0 Å². The minimum Gasteiger partial charge on any atom is -0.481 e. The van der Waals surface area contributed by atoms with Gasteiger partial charge >= 0.3 is 5.97 Å². The molecule has 6 nitrogen and oxygen atoms in total. The average molecular weight is 265 g/mol. The standard InChI is InChI=1S/C13H15NO5/c1-8-5-10-11(19-7-18-10)6-9(8)14-12(15)3-2-4-13(16)17/h5-6H,2-4,7H2,1H3,(H,14,15)(H,16,17). The van der Waals surface area contributed by atoms with E-state index in [4.69, 9.17) is 14.6 Å². The van der Waals surface area contributed by atoms with Crippen LogP contribution in [0.15, 0.2) is 12.1 Å². The van der Waals surface area contributed by atoms with Gasteiger partial charge in [0.2, 0.25) is 12.7 Å². The van der Waals surface area contributed by atoms with Crippen molar-refractivity contribution in [1.82, 2.24) is 0 Å². The predicted molar refractivity (Wildman–Crippen MR) is 67.4 cm³/mol. The minimum absolute atomic E-state index is 0.00641. The lowest BCUT2D eigenvalue weighted by molar-refractivity contribution is -0.137. The quantitative estimate of drug-likeness (QED) is 0.849. The fraction of sp³-hybridized carbons (Fsp3) is 0.385. The molecule has 2 rings (SSSR count). The van der Waals surface area contributed by atoms with Gasteiger partial charge in [0.25, 0.3) is 0 Å². The first-order valence-electron chi connectivity index (χ1n) is 5.98. The number of carbonyl (C=O) groups excluding carboxylic acids is 1. The van der Waals surface area contributed by atoms with Crippen LogP contribution >= 0.6 is 0 Å². The number of anilines is 1. The summed E-state index contributed by atoms with van der Waals surface area (Å²) in [6, 6.07) is 3.52. The molecule has 1 amide bonds. The highest BCUT2D eigenvalue weighted by Gasteiger charge is 2.16. The van der Waals surface area contributed by atoms with E-state index >= 15 is 0 Å². The topological polar surface area (TPSA) is 84.9 Å². The smallest absolute Gasteiger partial charge is 0.303 e. The summed E-state index contributed by atoms with van der Waals surface area (Å²) >= 11 is 0. The first kappa shape index (κ1) is 13.2. The van der Waals surface area contributed by atoms with Gasteiger partial charge in [0.1, 0.15) is 0 Å². The second-order valence-electron chi connectivity index (χ2n) is 4.32. The van der Waals surface area contributed by atoms with Crippen LogP contribution in [0, 0.1) is 6.92 Å². The lowest BCUT2D eigenvalue weighted by atomic mass is 10.1. The molecule has 0 unspecified atom stereocenters. The Hall–Kier alpha value is -2.24. The van der Waals surface area contributed by atoms with Crippen molar-refractivity contribution in [2.75, 3.05) is 12.1 Å². The third-order valence-corrected chi connectivity index (χ3v) is 2.79. The number of hydrogen-bond acceptors (Lipinski definition) is 4. The second kappa shape index (κ2) is 5.60. The number of carboxylic acid groups (broad SMARTS) is 1. The summed E-state index contributed by atoms with van der Waals surface area (Å²) in [6.45, 7) is 2.04. The molecule has 0 aliphatic carbocycles. The summed E-state index contributed by atoms with van der Waals surface area (Å²) in [5.74, 6) is 0.170. The van der Waals surface area contributed by atoms with Gasteiger partial charge in [-0.1, -0.05) is 0 Å². The number of nitrogens with one attached hydrogen (secondary N) is 1. The highest BCUT2D eigenvalue weighted by Crippen LogP contribution is 2.36. The van der Waals surface area contributed by atoms with Crippen LogP contribution in [0.1, 0.15) is 24.8 Å². The summed E-state index contributed by atoms with van der Waals surface area (Å²) in [5.41, 5.74) is 1.53. The number of aliphatic carboxylic acids is 1. The molecule has 1 aromatic rings. The molecule has 0 saturated carbocycles. The predicted octanol–water partition coefficient (Wildman–Crippen LogP) is 1.92. The molecule has 0 atom stereocenters. The van der Waals surface area contributed by atoms with Gasteiger partial charge in [0, 0.05) is 24.6 Å². The van der Waals surface area contributed by atoms with E-state index < -0.39 is 5.97 Å². The van der Waals surface area contributed by atoms with Crippen molar-refractivity contribution in [2.24, 2.45) is 0 Å². The Morgan fingerprint density at radius 3 is 2.63 bits per heavy atom. The molecule has 0 radical (unpaired) electrons. The van der Waals surface area contributed by atoms with Gasteiger partial charge in [-0.2, -0.15) is 0 Å². The summed E-state index contributed by atoms with van der Waals surface area (Å²) in [6.07, 6.45) is 0.499. The molecule has 1 aliphatic heterocycles. The Morgan fingerprint density at radius 2 is 1.95 bits per heavy atom. The molecule has 0 aromatic heterocycles. The lowest BCUT2D eigenvalue weighted by Gasteiger charge is -2.09. The van der Waals surface area contributed by atoms with Crippen LogP contribution < -0.4 is 14.8 Å². The number of rotatable bonds is 5. The van der Waals surface area contributed by atoms with E-state index in [-0.39, 0.29) is 25.5 Å². The van der Waals surface area contributed by atoms with E-state index in [2.05, 4.69) is 5.32 Å². The molecule has 0 spiro atoms. The van der Waals surface area contributed by atoms with E-state index in [0.29, 0.717) is 23.6 Å². The fourth-order valence-electron chi connectivity index (χ4n) is 1.79. The second-order valence-corrected chi connectivity index (χ2v) is 4.32. The number of benzene rings is 1. The van der Waals surface area contributed by atoms with Crippen molar-refractivity contribution in [1.29, 1.82) is 0 Å². The maximum atomic E-state index is 11.7. The highest BCUT2D eigenvalue weighted by molar-refractivity contribution is 5.92. The van der Waals surface area contributed by atoms with E-state index in [1.807, 2.05) is 6.92 Å². The number of ether oxygens (including phenoxy) is 2. The molecule has 1 aromatic carbocycles. The lowest BCUT2D eigenvalue weighted by Crippen LogP contribution is -2.12. The van der Waals surface area contributed by atoms with E-state index in [9.17, 15) is 9.59 Å². The van der Waals surface area contributed by atoms with Crippen LogP contribution in [0.3, 0.4) is 0 Å². The summed E-state index contributed by atoms with van der Waals surface area (Å²) in [7, 11) is 0. The first-order valence-corrected chi connectivity index (χ1v) is 5.98. The van der Waals surface area contributed by atoms with Gasteiger partial charge in [-0.25, -0.2) is 0 Å². The van der Waals surface area contributed by atoms with Gasteiger partial charge in [0.05, 0.1) is 0 Å². The van der Waals surface area contributed by atoms with Gasteiger partial charge in [-0.05, 0) is 25.0 Å². The summed E-state index contributed by atoms with van der Waals surface area (Å²) in [4.78, 5) is 22.0. The Kier molecular flexibility index (Phi) is 3.89. The van der Waals surface area contributed by atoms with E-state index in [1.165, 1.54) is 0 Å². The molecular weight excluding hydrogens is 250 g/mol. The molecule has 1 heterocycles. The van der Waals surface area contributed by atoms with E-state index in [1.54, 1.807) is 12.1 Å². The maximum Gasteiger partial charge on any atom is 0.303 e. The fourth-order valence-corrected chi connectivity index (χ4v) is 1.79. The van der Waals surface area contributed by atoms with Crippen molar-refractivity contribution in [3.8, 4) is 11.5 Å². The summed E-state index contributed by atoms with van der Waals surface area (Å²) < 4.78 is 10.5. The van der Waals surface area contributed by atoms with Crippen molar-refractivity contribution in [3.05, 3.63) is 17.7 Å². The first-order chi connectivity index (χ1) is 9.06. The molecule has 102 valence electrons. The third-order valence-electron chi connectivity index (χ3n) is 2.79. The Balaban J connectivity index is 1.95. The van der Waals surface area contributed by atoms with Crippen molar-refractivity contribution < 1.29 is 24.2 Å². The molecule has 2 N–H and O–H groups in total. The Morgan fingerprint density at radius 1 is 1.26 bits per heavy atom. The minimum atomic E-state index is -0.896. The number of hydrogen-bond donors (Lipinski definition) is 2. The van der Waals surface area contributed by atoms with Gasteiger partial charge in [0.15, 0.2) is 11.5 Å². The Bertz CT molecular complexity index is 512. The zero-order valence-electron chi connectivity index (χ0n) is 10.6. The van der Waals surface area contributed by atoms with Crippen LogP contribution in [-0.4, -0.2) is 23.8 Å². The van der Waals surface area contributed by atoms with Crippen LogP contribution in [0.25, 0.3) is 0 Å². The number of carboxylic acids is 1. The molecular formula is C13H15NO5. The third kappa shape index (κ3) is 3.37. The molecule has 19 heavy (non-hydrogen) atoms. The molecule has 6 heteroatoms.